The Morgan fingerprint density at radius 3 is 2.54 bits per heavy atom. The zero-order valence-electron chi connectivity index (χ0n) is 16.0. The molecule has 0 aliphatic carbocycles. The summed E-state index contributed by atoms with van der Waals surface area (Å²) in [6.45, 7) is 6.01. The van der Waals surface area contributed by atoms with Crippen molar-refractivity contribution in [2.24, 2.45) is 0 Å². The number of carbonyl (C=O) groups is 1. The van der Waals surface area contributed by atoms with Gasteiger partial charge in [0.05, 0.1) is 6.61 Å². The Hall–Kier alpha value is -2.77. The van der Waals surface area contributed by atoms with Crippen molar-refractivity contribution in [3.63, 3.8) is 0 Å². The number of fused-ring (bicyclic) bond motifs is 1. The van der Waals surface area contributed by atoms with E-state index in [4.69, 9.17) is 14.2 Å². The molecule has 1 fully saturated rings. The van der Waals surface area contributed by atoms with Crippen molar-refractivity contribution in [2.45, 2.75) is 0 Å². The van der Waals surface area contributed by atoms with Crippen molar-refractivity contribution >= 4 is 17.3 Å². The van der Waals surface area contributed by atoms with Gasteiger partial charge in [0.15, 0.2) is 11.5 Å². The Kier molecular flexibility index (Phi) is 5.64. The molecule has 148 valence electrons. The minimum atomic E-state index is -0.169. The van der Waals surface area contributed by atoms with Crippen LogP contribution in [0.3, 0.4) is 0 Å². The van der Waals surface area contributed by atoms with E-state index in [0.717, 1.165) is 45.0 Å². The monoisotopic (exact) mass is 383 g/mol. The number of ether oxygens (including phenoxy) is 3. The maximum absolute atomic E-state index is 12.5. The van der Waals surface area contributed by atoms with Crippen molar-refractivity contribution in [3.8, 4) is 11.5 Å². The summed E-state index contributed by atoms with van der Waals surface area (Å²) in [5.74, 6) is 1.11. The molecule has 0 spiro atoms. The third-order valence-electron chi connectivity index (χ3n) is 5.11. The van der Waals surface area contributed by atoms with Gasteiger partial charge in [0.1, 0.15) is 0 Å². The molecule has 28 heavy (non-hydrogen) atoms. The van der Waals surface area contributed by atoms with Gasteiger partial charge in [-0.3, -0.25) is 9.69 Å². The quantitative estimate of drug-likeness (QED) is 0.827. The fraction of sp³-hybridized carbons (Fsp3) is 0.381. The Morgan fingerprint density at radius 1 is 1.04 bits per heavy atom. The molecule has 2 aliphatic heterocycles. The van der Waals surface area contributed by atoms with Crippen LogP contribution >= 0.6 is 0 Å². The van der Waals surface area contributed by atoms with Crippen molar-refractivity contribution in [3.05, 3.63) is 48.0 Å². The van der Waals surface area contributed by atoms with Crippen molar-refractivity contribution in [1.29, 1.82) is 0 Å². The maximum atomic E-state index is 12.5. The Balaban J connectivity index is 1.33. The highest BCUT2D eigenvalue weighted by Gasteiger charge is 2.18. The third kappa shape index (κ3) is 4.21. The molecule has 0 unspecified atom stereocenters. The lowest BCUT2D eigenvalue weighted by atomic mass is 10.1. The fourth-order valence-electron chi connectivity index (χ4n) is 3.45. The molecule has 0 saturated carbocycles. The van der Waals surface area contributed by atoms with Crippen LogP contribution in [-0.4, -0.2) is 64.0 Å². The van der Waals surface area contributed by atoms with E-state index in [1.165, 1.54) is 5.69 Å². The first-order valence-corrected chi connectivity index (χ1v) is 9.50. The number of amides is 1. The topological polar surface area (TPSA) is 63.3 Å². The van der Waals surface area contributed by atoms with E-state index in [1.54, 1.807) is 25.3 Å². The van der Waals surface area contributed by atoms with Crippen LogP contribution in [0, 0.1) is 0 Å². The molecule has 0 bridgehead atoms. The molecule has 2 aliphatic rings. The zero-order chi connectivity index (χ0) is 19.3. The second-order valence-corrected chi connectivity index (χ2v) is 6.89. The van der Waals surface area contributed by atoms with Crippen LogP contribution in [0.2, 0.25) is 0 Å². The number of carbonyl (C=O) groups excluding carboxylic acids is 1. The molecule has 4 rings (SSSR count). The third-order valence-corrected chi connectivity index (χ3v) is 5.11. The number of piperazine rings is 1. The van der Waals surface area contributed by atoms with Gasteiger partial charge in [-0.25, -0.2) is 0 Å². The van der Waals surface area contributed by atoms with Crippen LogP contribution in [0.5, 0.6) is 11.5 Å². The molecular weight excluding hydrogens is 358 g/mol. The predicted molar refractivity (Wildman–Crippen MR) is 107 cm³/mol. The standard InChI is InChI=1S/C21H25N3O4/c1-26-13-12-23-8-10-24(11-9-23)18-5-3-17(4-6-18)22-21(25)16-2-7-19-20(14-16)28-15-27-19/h2-7,14H,8-13,15H2,1H3,(H,22,25). The maximum Gasteiger partial charge on any atom is 0.255 e. The summed E-state index contributed by atoms with van der Waals surface area (Å²) in [4.78, 5) is 17.3. The van der Waals surface area contributed by atoms with Gasteiger partial charge in [-0.1, -0.05) is 0 Å². The smallest absolute Gasteiger partial charge is 0.255 e. The minimum Gasteiger partial charge on any atom is -0.454 e. The van der Waals surface area contributed by atoms with Crippen LogP contribution in [0.4, 0.5) is 11.4 Å². The first kappa shape index (κ1) is 18.6. The molecule has 0 radical (unpaired) electrons. The minimum absolute atomic E-state index is 0.169. The summed E-state index contributed by atoms with van der Waals surface area (Å²) in [6, 6.07) is 13.2. The highest BCUT2D eigenvalue weighted by Crippen LogP contribution is 2.32. The summed E-state index contributed by atoms with van der Waals surface area (Å²) in [7, 11) is 1.74. The van der Waals surface area contributed by atoms with E-state index in [9.17, 15) is 4.79 Å². The van der Waals surface area contributed by atoms with E-state index in [1.807, 2.05) is 12.1 Å². The summed E-state index contributed by atoms with van der Waals surface area (Å²) in [5.41, 5.74) is 2.48. The number of benzene rings is 2. The van der Waals surface area contributed by atoms with Gasteiger partial charge in [0.2, 0.25) is 6.79 Å². The van der Waals surface area contributed by atoms with Crippen molar-refractivity contribution in [1.82, 2.24) is 4.90 Å². The number of methoxy groups -OCH3 is 1. The first-order valence-electron chi connectivity index (χ1n) is 9.50. The van der Waals surface area contributed by atoms with Gasteiger partial charge >= 0.3 is 0 Å². The average molecular weight is 383 g/mol. The molecule has 0 atom stereocenters. The highest BCUT2D eigenvalue weighted by molar-refractivity contribution is 6.04. The van der Waals surface area contributed by atoms with Gasteiger partial charge < -0.3 is 24.4 Å². The van der Waals surface area contributed by atoms with Crippen LogP contribution < -0.4 is 19.7 Å². The highest BCUT2D eigenvalue weighted by atomic mass is 16.7. The van der Waals surface area contributed by atoms with E-state index in [-0.39, 0.29) is 12.7 Å². The molecule has 2 aromatic carbocycles. The lowest BCUT2D eigenvalue weighted by Crippen LogP contribution is -2.47. The Morgan fingerprint density at radius 2 is 1.79 bits per heavy atom. The van der Waals surface area contributed by atoms with Crippen molar-refractivity contribution < 1.29 is 19.0 Å². The molecule has 7 nitrogen and oxygen atoms in total. The predicted octanol–water partition coefficient (Wildman–Crippen LogP) is 2.44. The molecule has 1 amide bonds. The molecular formula is C21H25N3O4. The number of hydrogen-bond donors (Lipinski definition) is 1. The number of anilines is 2. The van der Waals surface area contributed by atoms with E-state index in [2.05, 4.69) is 27.2 Å². The summed E-state index contributed by atoms with van der Waals surface area (Å²) >= 11 is 0. The van der Waals surface area contributed by atoms with Crippen molar-refractivity contribution in [2.75, 3.05) is 63.5 Å². The lowest BCUT2D eigenvalue weighted by Gasteiger charge is -2.36. The molecule has 7 heteroatoms. The number of nitrogens with zero attached hydrogens (tertiary/aromatic N) is 2. The van der Waals surface area contributed by atoms with Crippen LogP contribution in [0.25, 0.3) is 0 Å². The first-order chi connectivity index (χ1) is 13.7. The number of nitrogens with one attached hydrogen (secondary N) is 1. The van der Waals surface area contributed by atoms with Gasteiger partial charge in [0.25, 0.3) is 5.91 Å². The van der Waals surface area contributed by atoms with Gasteiger partial charge in [-0.15, -0.1) is 0 Å². The SMILES string of the molecule is COCCN1CCN(c2ccc(NC(=O)c3ccc4c(c3)OCO4)cc2)CC1. The van der Waals surface area contributed by atoms with Crippen LogP contribution in [0.15, 0.2) is 42.5 Å². The molecule has 2 aromatic rings. The second-order valence-electron chi connectivity index (χ2n) is 6.89. The van der Waals surface area contributed by atoms with E-state index < -0.39 is 0 Å². The van der Waals surface area contributed by atoms with Gasteiger partial charge in [-0.2, -0.15) is 0 Å². The summed E-state index contributed by atoms with van der Waals surface area (Å²) in [6.07, 6.45) is 0. The van der Waals surface area contributed by atoms with E-state index in [0.29, 0.717) is 17.1 Å². The molecule has 1 saturated heterocycles. The Labute approximate surface area is 164 Å². The number of rotatable bonds is 6. The summed E-state index contributed by atoms with van der Waals surface area (Å²) in [5, 5.41) is 2.93. The van der Waals surface area contributed by atoms with Crippen LogP contribution in [0.1, 0.15) is 10.4 Å². The van der Waals surface area contributed by atoms with E-state index >= 15 is 0 Å². The Bertz CT molecular complexity index is 817. The zero-order valence-corrected chi connectivity index (χ0v) is 16.0. The molecule has 2 heterocycles. The fourth-order valence-corrected chi connectivity index (χ4v) is 3.45. The normalized spacial score (nSPS) is 16.2. The lowest BCUT2D eigenvalue weighted by molar-refractivity contribution is 0.102. The largest absolute Gasteiger partial charge is 0.454 e. The van der Waals surface area contributed by atoms with Crippen LogP contribution in [-0.2, 0) is 4.74 Å². The summed E-state index contributed by atoms with van der Waals surface area (Å²) < 4.78 is 15.8. The molecule has 0 aromatic heterocycles. The second kappa shape index (κ2) is 8.50. The van der Waals surface area contributed by atoms with Gasteiger partial charge in [-0.05, 0) is 42.5 Å². The average Bonchev–Trinajstić information content (AvgIpc) is 3.21. The van der Waals surface area contributed by atoms with Gasteiger partial charge in [0, 0.05) is 56.8 Å². The number of hydrogen-bond acceptors (Lipinski definition) is 6. The molecule has 1 N–H and O–H groups in total.